The van der Waals surface area contributed by atoms with Crippen LogP contribution in [0.1, 0.15) is 18.4 Å². The number of carbonyl (C=O) groups excluding carboxylic acids is 2. The second-order valence-electron chi connectivity index (χ2n) is 5.42. The molecule has 0 aliphatic heterocycles. The molecule has 0 spiro atoms. The van der Waals surface area contributed by atoms with Crippen molar-refractivity contribution in [3.05, 3.63) is 33.8 Å². The first-order valence-electron chi connectivity index (χ1n) is 7.42. The van der Waals surface area contributed by atoms with Gasteiger partial charge in [-0.2, -0.15) is 0 Å². The predicted molar refractivity (Wildman–Crippen MR) is 97.4 cm³/mol. The summed E-state index contributed by atoms with van der Waals surface area (Å²) in [5, 5.41) is 9.49. The van der Waals surface area contributed by atoms with Crippen LogP contribution in [-0.4, -0.2) is 33.5 Å². The van der Waals surface area contributed by atoms with E-state index >= 15 is 0 Å². The van der Waals surface area contributed by atoms with Crippen molar-refractivity contribution in [3.8, 4) is 5.69 Å². The van der Waals surface area contributed by atoms with Gasteiger partial charge < -0.3 is 5.32 Å². The molecule has 1 aromatic carbocycles. The highest BCUT2D eigenvalue weighted by Gasteiger charge is 2.23. The SMILES string of the molecule is Cc1ccccc1-n1nc(SCC(=O)NC(=O)NC2CC2)sc1=S. The predicted octanol–water partition coefficient (Wildman–Crippen LogP) is 3.05. The molecule has 24 heavy (non-hydrogen) atoms. The fraction of sp³-hybridized carbons (Fsp3) is 0.333. The number of carbonyl (C=O) groups is 2. The minimum Gasteiger partial charge on any atom is -0.335 e. The summed E-state index contributed by atoms with van der Waals surface area (Å²) in [5.41, 5.74) is 2.00. The monoisotopic (exact) mass is 380 g/mol. The Kier molecular flexibility index (Phi) is 5.32. The quantitative estimate of drug-likeness (QED) is 0.616. The zero-order chi connectivity index (χ0) is 17.1. The van der Waals surface area contributed by atoms with Gasteiger partial charge in [-0.05, 0) is 43.6 Å². The molecule has 6 nitrogen and oxygen atoms in total. The molecule has 1 fully saturated rings. The number of hydrogen-bond donors (Lipinski definition) is 2. The number of thioether (sulfide) groups is 1. The Morgan fingerprint density at radius 3 is 2.88 bits per heavy atom. The number of aryl methyl sites for hydroxylation is 1. The second kappa shape index (κ2) is 7.45. The molecule has 0 bridgehead atoms. The number of para-hydroxylation sites is 1. The van der Waals surface area contributed by atoms with E-state index < -0.39 is 6.03 Å². The van der Waals surface area contributed by atoms with Gasteiger partial charge in [-0.15, -0.1) is 5.10 Å². The lowest BCUT2D eigenvalue weighted by Crippen LogP contribution is -2.41. The first-order valence-corrected chi connectivity index (χ1v) is 9.63. The van der Waals surface area contributed by atoms with E-state index in [4.69, 9.17) is 12.2 Å². The van der Waals surface area contributed by atoms with E-state index in [0.717, 1.165) is 24.1 Å². The number of urea groups is 1. The van der Waals surface area contributed by atoms with Crippen molar-refractivity contribution in [2.45, 2.75) is 30.1 Å². The van der Waals surface area contributed by atoms with Crippen LogP contribution in [0.4, 0.5) is 4.79 Å². The normalized spacial score (nSPS) is 13.5. The standard InChI is InChI=1S/C15H16N4O2S3/c1-9-4-2-3-5-11(9)19-15(22)24-14(18-19)23-8-12(20)17-13(21)16-10-6-7-10/h2-5,10H,6-8H2,1H3,(H2,16,17,20,21). The molecular formula is C15H16N4O2S3. The summed E-state index contributed by atoms with van der Waals surface area (Å²) in [4.78, 5) is 23.3. The van der Waals surface area contributed by atoms with Crippen LogP contribution in [0.25, 0.3) is 5.69 Å². The van der Waals surface area contributed by atoms with E-state index in [9.17, 15) is 9.59 Å². The van der Waals surface area contributed by atoms with Gasteiger partial charge >= 0.3 is 6.03 Å². The van der Waals surface area contributed by atoms with E-state index in [2.05, 4.69) is 15.7 Å². The summed E-state index contributed by atoms with van der Waals surface area (Å²) in [6.45, 7) is 2.00. The summed E-state index contributed by atoms with van der Waals surface area (Å²) < 4.78 is 3.02. The molecule has 1 aromatic heterocycles. The van der Waals surface area contributed by atoms with Gasteiger partial charge in [0.25, 0.3) is 0 Å². The topological polar surface area (TPSA) is 76.0 Å². The minimum atomic E-state index is -0.429. The van der Waals surface area contributed by atoms with Gasteiger partial charge in [0.05, 0.1) is 11.4 Å². The highest BCUT2D eigenvalue weighted by Crippen LogP contribution is 2.25. The van der Waals surface area contributed by atoms with Gasteiger partial charge in [-0.25, -0.2) is 9.48 Å². The summed E-state index contributed by atoms with van der Waals surface area (Å²) >= 11 is 7.98. The lowest BCUT2D eigenvalue weighted by Gasteiger charge is -2.05. The van der Waals surface area contributed by atoms with Gasteiger partial charge in [-0.3, -0.25) is 10.1 Å². The molecule has 0 unspecified atom stereocenters. The molecule has 3 amide bonds. The molecule has 0 radical (unpaired) electrons. The Morgan fingerprint density at radius 1 is 1.42 bits per heavy atom. The molecule has 1 saturated carbocycles. The first kappa shape index (κ1) is 17.1. The number of nitrogens with one attached hydrogen (secondary N) is 2. The zero-order valence-electron chi connectivity index (χ0n) is 12.9. The Bertz CT molecular complexity index is 826. The maximum Gasteiger partial charge on any atom is 0.321 e. The molecular weight excluding hydrogens is 364 g/mol. The van der Waals surface area contributed by atoms with Crippen LogP contribution in [0, 0.1) is 10.9 Å². The van der Waals surface area contributed by atoms with Crippen LogP contribution < -0.4 is 10.6 Å². The lowest BCUT2D eigenvalue weighted by atomic mass is 10.2. The molecule has 1 aliphatic carbocycles. The molecule has 0 atom stereocenters. The van der Waals surface area contributed by atoms with Crippen molar-refractivity contribution in [1.29, 1.82) is 0 Å². The second-order valence-corrected chi connectivity index (χ2v) is 8.26. The van der Waals surface area contributed by atoms with Gasteiger partial charge in [0.1, 0.15) is 0 Å². The van der Waals surface area contributed by atoms with Crippen molar-refractivity contribution < 1.29 is 9.59 Å². The maximum absolute atomic E-state index is 11.8. The smallest absolute Gasteiger partial charge is 0.321 e. The number of nitrogens with zero attached hydrogens (tertiary/aromatic N) is 2. The third-order valence-electron chi connectivity index (χ3n) is 3.37. The third-order valence-corrected chi connectivity index (χ3v) is 5.73. The Balaban J connectivity index is 1.59. The van der Waals surface area contributed by atoms with Crippen LogP contribution in [0.3, 0.4) is 0 Å². The van der Waals surface area contributed by atoms with Crippen LogP contribution in [0.5, 0.6) is 0 Å². The lowest BCUT2D eigenvalue weighted by molar-refractivity contribution is -0.117. The highest BCUT2D eigenvalue weighted by atomic mass is 32.2. The van der Waals surface area contributed by atoms with E-state index in [-0.39, 0.29) is 17.7 Å². The Labute approximate surface area is 152 Å². The number of rotatable bonds is 5. The van der Waals surface area contributed by atoms with E-state index in [1.165, 1.54) is 23.1 Å². The molecule has 9 heteroatoms. The first-order chi connectivity index (χ1) is 11.5. The zero-order valence-corrected chi connectivity index (χ0v) is 15.4. The largest absolute Gasteiger partial charge is 0.335 e. The van der Waals surface area contributed by atoms with E-state index in [1.54, 1.807) is 4.68 Å². The van der Waals surface area contributed by atoms with Crippen LogP contribution in [0.15, 0.2) is 28.6 Å². The summed E-state index contributed by atoms with van der Waals surface area (Å²) in [5.74, 6) is -0.226. The van der Waals surface area contributed by atoms with Gasteiger partial charge in [-0.1, -0.05) is 41.3 Å². The van der Waals surface area contributed by atoms with Gasteiger partial charge in [0.2, 0.25) is 5.91 Å². The summed E-state index contributed by atoms with van der Waals surface area (Å²) in [6, 6.07) is 7.63. The number of imide groups is 1. The van der Waals surface area contributed by atoms with Gasteiger partial charge in [0, 0.05) is 6.04 Å². The van der Waals surface area contributed by atoms with Crippen LogP contribution >= 0.6 is 35.3 Å². The van der Waals surface area contributed by atoms with Crippen molar-refractivity contribution in [2.75, 3.05) is 5.75 Å². The molecule has 2 N–H and O–H groups in total. The molecule has 3 rings (SSSR count). The van der Waals surface area contributed by atoms with Crippen molar-refractivity contribution in [1.82, 2.24) is 20.4 Å². The molecule has 0 saturated heterocycles. The number of aromatic nitrogens is 2. The number of benzene rings is 1. The molecule has 2 aromatic rings. The fourth-order valence-corrected chi connectivity index (χ4v) is 4.16. The average Bonchev–Trinajstić information content (AvgIpc) is 3.26. The number of hydrogen-bond acceptors (Lipinski definition) is 6. The minimum absolute atomic E-state index is 0.119. The molecule has 126 valence electrons. The molecule has 1 heterocycles. The maximum atomic E-state index is 11.8. The molecule has 1 aliphatic rings. The van der Waals surface area contributed by atoms with Gasteiger partial charge in [0.15, 0.2) is 8.29 Å². The van der Waals surface area contributed by atoms with E-state index in [0.29, 0.717) is 8.29 Å². The Morgan fingerprint density at radius 2 is 2.17 bits per heavy atom. The van der Waals surface area contributed by atoms with Crippen molar-refractivity contribution in [2.24, 2.45) is 0 Å². The fourth-order valence-electron chi connectivity index (χ4n) is 2.01. The van der Waals surface area contributed by atoms with Crippen molar-refractivity contribution >= 4 is 47.3 Å². The summed E-state index contributed by atoms with van der Waals surface area (Å²) in [6.07, 6.45) is 1.96. The summed E-state index contributed by atoms with van der Waals surface area (Å²) in [7, 11) is 0. The van der Waals surface area contributed by atoms with Crippen LogP contribution in [0.2, 0.25) is 0 Å². The third kappa shape index (κ3) is 4.43. The highest BCUT2D eigenvalue weighted by molar-refractivity contribution is 8.01. The average molecular weight is 381 g/mol. The Hall–Kier alpha value is -1.71. The van der Waals surface area contributed by atoms with E-state index in [1.807, 2.05) is 31.2 Å². The number of amides is 3. The van der Waals surface area contributed by atoms with Crippen LogP contribution in [-0.2, 0) is 4.79 Å². The van der Waals surface area contributed by atoms with Crippen molar-refractivity contribution in [3.63, 3.8) is 0 Å².